The number of nitrogens with zero attached hydrogens (tertiary/aromatic N) is 1. The number of hydrogen-bond donors (Lipinski definition) is 2. The van der Waals surface area contributed by atoms with Gasteiger partial charge in [0.2, 0.25) is 5.91 Å². The summed E-state index contributed by atoms with van der Waals surface area (Å²) in [5, 5.41) is 2.81. The second-order valence-electron chi connectivity index (χ2n) is 3.73. The Morgan fingerprint density at radius 3 is 2.71 bits per heavy atom. The van der Waals surface area contributed by atoms with Crippen LogP contribution < -0.4 is 11.1 Å². The molecule has 1 amide bonds. The molecule has 0 unspecified atom stereocenters. The predicted octanol–water partition coefficient (Wildman–Crippen LogP) is 1.76. The highest BCUT2D eigenvalue weighted by molar-refractivity contribution is 5.91. The molecule has 4 heteroatoms. The van der Waals surface area contributed by atoms with Crippen molar-refractivity contribution in [2.75, 3.05) is 11.9 Å². The molecule has 0 radical (unpaired) electrons. The second kappa shape index (κ2) is 5.32. The third kappa shape index (κ3) is 2.95. The monoisotopic (exact) mass is 229 g/mol. The van der Waals surface area contributed by atoms with Crippen molar-refractivity contribution in [1.29, 1.82) is 0 Å². The highest BCUT2D eigenvalue weighted by Gasteiger charge is 2.02. The van der Waals surface area contributed by atoms with E-state index in [2.05, 4.69) is 5.32 Å². The van der Waals surface area contributed by atoms with Gasteiger partial charge in [0.15, 0.2) is 0 Å². The highest BCUT2D eigenvalue weighted by atomic mass is 16.1. The Morgan fingerprint density at radius 2 is 2.00 bits per heavy atom. The van der Waals surface area contributed by atoms with Gasteiger partial charge in [0.1, 0.15) is 0 Å². The van der Waals surface area contributed by atoms with Gasteiger partial charge in [0.05, 0.1) is 0 Å². The summed E-state index contributed by atoms with van der Waals surface area (Å²) in [5.74, 6) is -0.0582. The lowest BCUT2D eigenvalue weighted by Crippen LogP contribution is -2.16. The molecule has 0 aliphatic rings. The summed E-state index contributed by atoms with van der Waals surface area (Å²) in [4.78, 5) is 11.4. The molecule has 88 valence electrons. The van der Waals surface area contributed by atoms with Crippen LogP contribution in [0.4, 0.5) is 5.69 Å². The zero-order valence-electron chi connectivity index (χ0n) is 9.47. The van der Waals surface area contributed by atoms with Crippen LogP contribution in [0.15, 0.2) is 48.8 Å². The molecular formula is C13H15N3O. The molecule has 0 aliphatic carbocycles. The fourth-order valence-corrected chi connectivity index (χ4v) is 1.61. The van der Waals surface area contributed by atoms with Gasteiger partial charge in [-0.2, -0.15) is 0 Å². The number of carbonyl (C=O) groups is 1. The van der Waals surface area contributed by atoms with Gasteiger partial charge in [-0.05, 0) is 30.3 Å². The maximum Gasteiger partial charge on any atom is 0.225 e. The lowest BCUT2D eigenvalue weighted by Gasteiger charge is -2.07. The minimum Gasteiger partial charge on any atom is -0.330 e. The molecule has 17 heavy (non-hydrogen) atoms. The number of benzene rings is 1. The zero-order chi connectivity index (χ0) is 12.1. The van der Waals surface area contributed by atoms with Crippen LogP contribution in [0.1, 0.15) is 6.42 Å². The summed E-state index contributed by atoms with van der Waals surface area (Å²) in [6, 6.07) is 11.6. The van der Waals surface area contributed by atoms with E-state index in [4.69, 9.17) is 5.73 Å². The molecule has 0 saturated carbocycles. The van der Waals surface area contributed by atoms with E-state index in [9.17, 15) is 4.79 Å². The molecular weight excluding hydrogens is 214 g/mol. The number of nitrogens with two attached hydrogens (primary N) is 1. The largest absolute Gasteiger partial charge is 0.330 e. The number of amides is 1. The molecule has 2 rings (SSSR count). The van der Waals surface area contributed by atoms with Crippen LogP contribution in [-0.4, -0.2) is 17.0 Å². The van der Waals surface area contributed by atoms with E-state index in [1.807, 2.05) is 53.4 Å². The van der Waals surface area contributed by atoms with Gasteiger partial charge < -0.3 is 15.6 Å². The lowest BCUT2D eigenvalue weighted by molar-refractivity contribution is -0.116. The minimum absolute atomic E-state index is 0.0582. The average molecular weight is 229 g/mol. The maximum absolute atomic E-state index is 11.4. The van der Waals surface area contributed by atoms with Crippen molar-refractivity contribution < 1.29 is 4.79 Å². The first-order valence-electron chi connectivity index (χ1n) is 5.53. The van der Waals surface area contributed by atoms with E-state index in [0.29, 0.717) is 13.0 Å². The van der Waals surface area contributed by atoms with Gasteiger partial charge in [-0.1, -0.05) is 6.07 Å². The zero-order valence-corrected chi connectivity index (χ0v) is 9.47. The van der Waals surface area contributed by atoms with Gasteiger partial charge in [0.25, 0.3) is 0 Å². The predicted molar refractivity (Wildman–Crippen MR) is 68.1 cm³/mol. The van der Waals surface area contributed by atoms with Crippen molar-refractivity contribution in [2.24, 2.45) is 5.73 Å². The maximum atomic E-state index is 11.4. The van der Waals surface area contributed by atoms with Gasteiger partial charge in [-0.15, -0.1) is 0 Å². The van der Waals surface area contributed by atoms with Gasteiger partial charge in [-0.3, -0.25) is 4.79 Å². The SMILES string of the molecule is NCCC(=O)Nc1cccc(-n2cccc2)c1. The van der Waals surface area contributed by atoms with Crippen molar-refractivity contribution >= 4 is 11.6 Å². The molecule has 0 fully saturated rings. The number of hydrogen-bond acceptors (Lipinski definition) is 2. The molecule has 0 atom stereocenters. The molecule has 2 aromatic rings. The van der Waals surface area contributed by atoms with Crippen LogP contribution in [0.2, 0.25) is 0 Å². The first-order chi connectivity index (χ1) is 8.29. The van der Waals surface area contributed by atoms with Crippen LogP contribution in [0, 0.1) is 0 Å². The molecule has 0 aliphatic heterocycles. The van der Waals surface area contributed by atoms with Crippen LogP contribution >= 0.6 is 0 Å². The topological polar surface area (TPSA) is 60.1 Å². The summed E-state index contributed by atoms with van der Waals surface area (Å²) >= 11 is 0. The van der Waals surface area contributed by atoms with Crippen molar-refractivity contribution in [2.45, 2.75) is 6.42 Å². The summed E-state index contributed by atoms with van der Waals surface area (Å²) in [5.41, 5.74) is 7.13. The number of anilines is 1. The van der Waals surface area contributed by atoms with Crippen LogP contribution in [0.5, 0.6) is 0 Å². The van der Waals surface area contributed by atoms with Gasteiger partial charge in [0, 0.05) is 36.7 Å². The first kappa shape index (κ1) is 11.4. The van der Waals surface area contributed by atoms with Crippen LogP contribution in [0.3, 0.4) is 0 Å². The molecule has 1 aromatic heterocycles. The fraction of sp³-hybridized carbons (Fsp3) is 0.154. The summed E-state index contributed by atoms with van der Waals surface area (Å²) in [6.45, 7) is 0.364. The molecule has 0 bridgehead atoms. The normalized spacial score (nSPS) is 10.2. The molecule has 0 saturated heterocycles. The molecule has 4 nitrogen and oxygen atoms in total. The molecule has 1 heterocycles. The summed E-state index contributed by atoms with van der Waals surface area (Å²) < 4.78 is 1.98. The average Bonchev–Trinajstić information content (AvgIpc) is 2.83. The highest BCUT2D eigenvalue weighted by Crippen LogP contribution is 2.14. The van der Waals surface area contributed by atoms with Crippen molar-refractivity contribution in [1.82, 2.24) is 4.57 Å². The van der Waals surface area contributed by atoms with E-state index in [0.717, 1.165) is 11.4 Å². The Balaban J connectivity index is 2.15. The van der Waals surface area contributed by atoms with Crippen molar-refractivity contribution in [3.8, 4) is 5.69 Å². The molecule has 1 aromatic carbocycles. The minimum atomic E-state index is -0.0582. The van der Waals surface area contributed by atoms with E-state index in [-0.39, 0.29) is 5.91 Å². The lowest BCUT2D eigenvalue weighted by atomic mass is 10.2. The van der Waals surface area contributed by atoms with Crippen LogP contribution in [-0.2, 0) is 4.79 Å². The number of rotatable bonds is 4. The van der Waals surface area contributed by atoms with Crippen molar-refractivity contribution in [3.63, 3.8) is 0 Å². The van der Waals surface area contributed by atoms with Crippen molar-refractivity contribution in [3.05, 3.63) is 48.8 Å². The third-order valence-corrected chi connectivity index (χ3v) is 2.40. The van der Waals surface area contributed by atoms with E-state index in [1.54, 1.807) is 0 Å². The van der Waals surface area contributed by atoms with Gasteiger partial charge >= 0.3 is 0 Å². The van der Waals surface area contributed by atoms with Gasteiger partial charge in [-0.25, -0.2) is 0 Å². The fourth-order valence-electron chi connectivity index (χ4n) is 1.61. The smallest absolute Gasteiger partial charge is 0.225 e. The third-order valence-electron chi connectivity index (χ3n) is 2.40. The molecule has 0 spiro atoms. The standard InChI is InChI=1S/C13H15N3O/c14-7-6-13(17)15-11-4-3-5-12(10-11)16-8-1-2-9-16/h1-5,8-10H,6-7,14H2,(H,15,17). The Kier molecular flexibility index (Phi) is 3.57. The number of carbonyl (C=O) groups excluding carboxylic acids is 1. The Bertz CT molecular complexity index is 491. The Morgan fingerprint density at radius 1 is 1.24 bits per heavy atom. The molecule has 3 N–H and O–H groups in total. The summed E-state index contributed by atoms with van der Waals surface area (Å²) in [6.07, 6.45) is 4.26. The Hall–Kier alpha value is -2.07. The first-order valence-corrected chi connectivity index (χ1v) is 5.53. The number of aromatic nitrogens is 1. The Labute approximate surface area is 100 Å². The number of nitrogens with one attached hydrogen (secondary N) is 1. The van der Waals surface area contributed by atoms with E-state index >= 15 is 0 Å². The van der Waals surface area contributed by atoms with Crippen LogP contribution in [0.25, 0.3) is 5.69 Å². The second-order valence-corrected chi connectivity index (χ2v) is 3.73. The summed E-state index contributed by atoms with van der Waals surface area (Å²) in [7, 11) is 0. The quantitative estimate of drug-likeness (QED) is 0.839. The van der Waals surface area contributed by atoms with E-state index in [1.165, 1.54) is 0 Å². The van der Waals surface area contributed by atoms with E-state index < -0.39 is 0 Å².